The minimum absolute atomic E-state index is 0.00180. The normalized spacial score (nSPS) is 18.2. The molecule has 4 rings (SSSR count). The van der Waals surface area contributed by atoms with E-state index in [-0.39, 0.29) is 103 Å². The Hall–Kier alpha value is -11.2. The first kappa shape index (κ1) is 97.2. The number of nitrogens with one attached hydrogen (secondary N) is 13. The number of primary amides is 1. The van der Waals surface area contributed by atoms with Gasteiger partial charge in [-0.15, -0.1) is 0 Å². The molecule has 1 aromatic rings. The van der Waals surface area contributed by atoms with E-state index in [0.29, 0.717) is 31.4 Å². The third kappa shape index (κ3) is 31.6. The van der Waals surface area contributed by atoms with Crippen molar-refractivity contribution in [2.75, 3.05) is 39.3 Å². The second kappa shape index (κ2) is 48.3. The topological polar surface area (TPSA) is 670 Å². The van der Waals surface area contributed by atoms with Gasteiger partial charge < -0.3 is 122 Å². The van der Waals surface area contributed by atoms with E-state index >= 15 is 0 Å². The fraction of sp³-hybridized carbons (Fsp3) is 0.662. The Morgan fingerprint density at radius 2 is 0.888 bits per heavy atom. The average Bonchev–Trinajstić information content (AvgIpc) is 1.62. The number of aliphatic carboxylic acids is 3. The summed E-state index contributed by atoms with van der Waals surface area (Å²) < 4.78 is 0. The molecular weight excluding hydrogens is 1520 g/mol. The minimum atomic E-state index is -1.83. The van der Waals surface area contributed by atoms with Crippen molar-refractivity contribution in [2.45, 2.75) is 261 Å². The molecule has 0 aromatic heterocycles. The van der Waals surface area contributed by atoms with Crippen LogP contribution in [0.1, 0.15) is 170 Å². The molecule has 15 atom stereocenters. The third-order valence-electron chi connectivity index (χ3n) is 19.8. The first-order chi connectivity index (χ1) is 54.7. The molecule has 0 spiro atoms. The molecule has 0 aliphatic carbocycles. The number of hydrogen-bond acceptors (Lipinski definition) is 22. The lowest BCUT2D eigenvalue weighted by atomic mass is 10.00. The molecule has 3 heterocycles. The van der Waals surface area contributed by atoms with Gasteiger partial charge in [0.05, 0.1) is 12.6 Å². The number of benzene rings is 1. The van der Waals surface area contributed by atoms with E-state index in [1.807, 2.05) is 0 Å². The van der Waals surface area contributed by atoms with Crippen LogP contribution in [-0.2, 0) is 92.7 Å². The van der Waals surface area contributed by atoms with Gasteiger partial charge >= 0.3 is 17.9 Å². The predicted octanol–water partition coefficient (Wildman–Crippen LogP) is -5.91. The van der Waals surface area contributed by atoms with E-state index in [0.717, 1.165) is 11.8 Å². The van der Waals surface area contributed by atoms with Crippen molar-refractivity contribution in [1.29, 1.82) is 5.41 Å². The maximum absolute atomic E-state index is 14.9. The van der Waals surface area contributed by atoms with Crippen LogP contribution in [0.2, 0.25) is 0 Å². The standard InChI is InChI=1S/C74H118N20O22/c1-38(2)35-49(89-66(108)50(36-43-17-9-8-10-18-43)88-61(103)41(6)82-70(112)59(42(7)95)91-64(106)46(25-28-56(98)99)85-67(109)51-21-14-32-92(51)55(97)37-76)65(107)83-44(20-13-31-80-74(78)79)63(105)86-47(26-29-57(100)101)71(113)93-33-15-23-53(93)69(111)90-58(39(3)4)72(114)94-34-16-22-52(94)68(110)84-45(24-27-54(77)96)62(104)81-40(5)60(102)87-48(73(115)116)19-11-12-30-75/h8-10,17-18,38-42,44-53,58-59,95H,11-16,19-37,75-76H2,1-7H3,(H2,77,96)(H,81,104)(H,82,112)(H,83,107)(H,84,110)(H,85,109)(H,86,105)(H,87,102)(H,88,103)(H,89,108)(H,90,111)(H,91,106)(H,98,99)(H,100,101)(H,115,116)(H4,78,79,80)/t40-,41-,42+,44-,45-,46-,47-,48-,49-,50-,51-,52-,53-,58-,59-/m0/s1. The molecule has 25 N–H and O–H groups in total. The van der Waals surface area contributed by atoms with E-state index in [9.17, 15) is 107 Å². The Morgan fingerprint density at radius 3 is 1.39 bits per heavy atom. The number of amides is 15. The van der Waals surface area contributed by atoms with Crippen LogP contribution in [-0.4, -0.2) is 278 Å². The number of aliphatic hydroxyl groups is 1. The molecule has 646 valence electrons. The highest BCUT2D eigenvalue weighted by Gasteiger charge is 2.45. The summed E-state index contributed by atoms with van der Waals surface area (Å²) in [6, 6.07) is -12.1. The van der Waals surface area contributed by atoms with Crippen molar-refractivity contribution in [3.8, 4) is 0 Å². The number of carbonyl (C=O) groups is 18. The van der Waals surface area contributed by atoms with Crippen LogP contribution in [0.4, 0.5) is 0 Å². The van der Waals surface area contributed by atoms with Crippen LogP contribution in [0, 0.1) is 17.2 Å². The van der Waals surface area contributed by atoms with Crippen molar-refractivity contribution in [3.05, 3.63) is 35.9 Å². The van der Waals surface area contributed by atoms with Gasteiger partial charge in [0.1, 0.15) is 84.6 Å². The first-order valence-electron chi connectivity index (χ1n) is 39.1. The van der Waals surface area contributed by atoms with Crippen molar-refractivity contribution < 1.29 is 107 Å². The van der Waals surface area contributed by atoms with Crippen molar-refractivity contribution >= 4 is 112 Å². The molecule has 3 saturated heterocycles. The predicted molar refractivity (Wildman–Crippen MR) is 414 cm³/mol. The summed E-state index contributed by atoms with van der Waals surface area (Å²) >= 11 is 0. The molecule has 0 bridgehead atoms. The largest absolute Gasteiger partial charge is 0.481 e. The summed E-state index contributed by atoms with van der Waals surface area (Å²) in [6.07, 6.45) is -3.21. The molecule has 1 aromatic carbocycles. The smallest absolute Gasteiger partial charge is 0.326 e. The van der Waals surface area contributed by atoms with Gasteiger partial charge in [0.2, 0.25) is 88.6 Å². The summed E-state index contributed by atoms with van der Waals surface area (Å²) in [5, 5.41) is 77.8. The van der Waals surface area contributed by atoms with Crippen molar-refractivity contribution in [3.63, 3.8) is 0 Å². The number of aliphatic hydroxyl groups excluding tert-OH is 1. The Labute approximate surface area is 671 Å². The Morgan fingerprint density at radius 1 is 0.457 bits per heavy atom. The first-order valence-corrected chi connectivity index (χ1v) is 39.1. The van der Waals surface area contributed by atoms with E-state index in [1.165, 1.54) is 23.6 Å². The quantitative estimate of drug-likeness (QED) is 0.0164. The van der Waals surface area contributed by atoms with Crippen LogP contribution in [0.15, 0.2) is 30.3 Å². The molecule has 0 radical (unpaired) electrons. The monoisotopic (exact) mass is 1640 g/mol. The van der Waals surface area contributed by atoms with E-state index in [1.54, 1.807) is 58.0 Å². The summed E-state index contributed by atoms with van der Waals surface area (Å²) in [4.78, 5) is 248. The van der Waals surface area contributed by atoms with E-state index in [2.05, 4.69) is 63.8 Å². The molecule has 15 amide bonds. The number of carbonyl (C=O) groups excluding carboxylic acids is 15. The van der Waals surface area contributed by atoms with E-state index in [4.69, 9.17) is 28.3 Å². The fourth-order valence-electron chi connectivity index (χ4n) is 13.5. The number of guanidine groups is 1. The zero-order valence-electron chi connectivity index (χ0n) is 66.7. The molecule has 3 fully saturated rings. The Balaban J connectivity index is 1.55. The third-order valence-corrected chi connectivity index (χ3v) is 19.8. The van der Waals surface area contributed by atoms with Gasteiger partial charge in [0.25, 0.3) is 0 Å². The average molecular weight is 1640 g/mol. The molecule has 3 aliphatic heterocycles. The van der Waals surface area contributed by atoms with Gasteiger partial charge in [-0.25, -0.2) is 4.79 Å². The van der Waals surface area contributed by atoms with Crippen LogP contribution in [0.5, 0.6) is 0 Å². The van der Waals surface area contributed by atoms with Gasteiger partial charge in [-0.2, -0.15) is 0 Å². The SMILES string of the molecule is CC(C)C[C@H](NC(=O)[C@H](Cc1ccccc1)NC(=O)[C@H](C)NC(=O)[C@@H](NC(=O)[C@H](CCC(=O)O)NC(=O)[C@@H]1CCCN1C(=O)CN)[C@@H](C)O)C(=O)N[C@@H](CCCNC(=N)N)C(=O)N[C@@H](CCC(=O)O)C(=O)N1CCC[C@H]1C(=O)N[C@H](C(=O)N1CCC[C@H]1C(=O)N[C@@H](CCC(N)=O)C(=O)N[C@@H](C)C(=O)N[C@@H](CCCCN)C(=O)O)C(C)C. The van der Waals surface area contributed by atoms with Gasteiger partial charge in [0.15, 0.2) is 5.96 Å². The number of carboxylic acid groups (broad SMARTS) is 3. The number of unbranched alkanes of at least 4 members (excludes halogenated alkanes) is 1. The zero-order chi connectivity index (χ0) is 86.8. The van der Waals surface area contributed by atoms with Gasteiger partial charge in [-0.1, -0.05) is 58.0 Å². The second-order valence-corrected chi connectivity index (χ2v) is 30.0. The number of carboxylic acids is 3. The van der Waals surface area contributed by atoms with E-state index < -0.39 is 248 Å². The lowest BCUT2D eigenvalue weighted by Crippen LogP contribution is -2.61. The number of nitrogens with zero attached hydrogens (tertiary/aromatic N) is 3. The zero-order valence-corrected chi connectivity index (χ0v) is 66.7. The highest BCUT2D eigenvalue weighted by molar-refractivity contribution is 6.01. The maximum atomic E-state index is 14.9. The highest BCUT2D eigenvalue weighted by atomic mass is 16.4. The summed E-state index contributed by atoms with van der Waals surface area (Å²) in [7, 11) is 0. The van der Waals surface area contributed by atoms with Gasteiger partial charge in [-0.3, -0.25) is 86.9 Å². The molecule has 116 heavy (non-hydrogen) atoms. The number of likely N-dealkylation sites (tertiary alicyclic amines) is 3. The maximum Gasteiger partial charge on any atom is 0.326 e. The van der Waals surface area contributed by atoms with Crippen LogP contribution < -0.4 is 86.7 Å². The van der Waals surface area contributed by atoms with Gasteiger partial charge in [-0.05, 0) is 141 Å². The number of nitrogens with two attached hydrogens (primary N) is 4. The van der Waals surface area contributed by atoms with Crippen molar-refractivity contribution in [1.82, 2.24) is 78.5 Å². The fourth-order valence-corrected chi connectivity index (χ4v) is 13.5. The Bertz CT molecular complexity index is 3650. The minimum Gasteiger partial charge on any atom is -0.481 e. The van der Waals surface area contributed by atoms with Crippen molar-refractivity contribution in [2.24, 2.45) is 34.8 Å². The van der Waals surface area contributed by atoms with Crippen LogP contribution in [0.3, 0.4) is 0 Å². The van der Waals surface area contributed by atoms with Crippen LogP contribution >= 0.6 is 0 Å². The lowest BCUT2D eigenvalue weighted by molar-refractivity contribution is -0.145. The second-order valence-electron chi connectivity index (χ2n) is 30.0. The Kier molecular flexibility index (Phi) is 40.4. The summed E-state index contributed by atoms with van der Waals surface area (Å²) in [6.45, 7) is 10.2. The number of rotatable bonds is 49. The summed E-state index contributed by atoms with van der Waals surface area (Å²) in [5.41, 5.74) is 22.5. The highest BCUT2D eigenvalue weighted by Crippen LogP contribution is 2.25. The molecule has 3 aliphatic rings. The lowest BCUT2D eigenvalue weighted by Gasteiger charge is -2.33. The molecule has 0 saturated carbocycles. The molecule has 42 heteroatoms. The molecule has 42 nitrogen and oxygen atoms in total. The van der Waals surface area contributed by atoms with Gasteiger partial charge in [0, 0.05) is 51.9 Å². The molecular formula is C74H118N20O22. The summed E-state index contributed by atoms with van der Waals surface area (Å²) in [5.74, 6) is -19.0. The molecule has 0 unspecified atom stereocenters. The van der Waals surface area contributed by atoms with Crippen LogP contribution in [0.25, 0.3) is 0 Å². The number of hydrogen-bond donors (Lipinski definition) is 21.